The normalized spacial score (nSPS) is 23.5. The van der Waals surface area contributed by atoms with Crippen LogP contribution in [0.3, 0.4) is 0 Å². The van der Waals surface area contributed by atoms with Gasteiger partial charge in [0.1, 0.15) is 0 Å². The van der Waals surface area contributed by atoms with Gasteiger partial charge in [-0.25, -0.2) is 0 Å². The highest BCUT2D eigenvalue weighted by atomic mass is 32.2. The van der Waals surface area contributed by atoms with Gasteiger partial charge in [0.25, 0.3) is 0 Å². The van der Waals surface area contributed by atoms with Gasteiger partial charge in [-0.3, -0.25) is 4.79 Å². The van der Waals surface area contributed by atoms with Gasteiger partial charge in [0.15, 0.2) is 0 Å². The summed E-state index contributed by atoms with van der Waals surface area (Å²) in [5, 5.41) is 3.41. The molecule has 1 rings (SSSR count). The van der Waals surface area contributed by atoms with Crippen LogP contribution in [0.2, 0.25) is 0 Å². The summed E-state index contributed by atoms with van der Waals surface area (Å²) < 4.78 is 0. The van der Waals surface area contributed by atoms with Gasteiger partial charge in [0.05, 0.1) is 6.04 Å². The summed E-state index contributed by atoms with van der Waals surface area (Å²) in [5.41, 5.74) is 0. The Balaban J connectivity index is 2.20. The van der Waals surface area contributed by atoms with E-state index in [0.29, 0.717) is 6.04 Å². The van der Waals surface area contributed by atoms with Crippen LogP contribution in [0.1, 0.15) is 26.7 Å². The van der Waals surface area contributed by atoms with Gasteiger partial charge in [0.2, 0.25) is 5.91 Å². The molecule has 1 amide bonds. The van der Waals surface area contributed by atoms with Crippen molar-refractivity contribution in [3.8, 4) is 0 Å². The van der Waals surface area contributed by atoms with Crippen LogP contribution < -0.4 is 5.32 Å². The van der Waals surface area contributed by atoms with Crippen LogP contribution in [0.4, 0.5) is 0 Å². The van der Waals surface area contributed by atoms with Crippen LogP contribution in [0.15, 0.2) is 0 Å². The average molecular weight is 230 g/mol. The number of hydrogen-bond acceptors (Lipinski definition) is 3. The van der Waals surface area contributed by atoms with Crippen molar-refractivity contribution >= 4 is 17.7 Å². The number of hydrogen-bond donors (Lipinski definition) is 1. The van der Waals surface area contributed by atoms with Crippen LogP contribution in [0, 0.1) is 0 Å². The Labute approximate surface area is 97.0 Å². The van der Waals surface area contributed by atoms with Gasteiger partial charge in [-0.15, -0.1) is 0 Å². The van der Waals surface area contributed by atoms with Crippen LogP contribution in [-0.2, 0) is 4.79 Å². The monoisotopic (exact) mass is 230 g/mol. The molecule has 0 aromatic rings. The second-order valence-corrected chi connectivity index (χ2v) is 5.55. The summed E-state index contributed by atoms with van der Waals surface area (Å²) in [7, 11) is 1.88. The summed E-state index contributed by atoms with van der Waals surface area (Å²) in [6, 6.07) is 0.515. The molecule has 4 heteroatoms. The Morgan fingerprint density at radius 2 is 2.40 bits per heavy atom. The maximum atomic E-state index is 11.6. The lowest BCUT2D eigenvalue weighted by Gasteiger charge is -2.18. The van der Waals surface area contributed by atoms with E-state index in [1.54, 1.807) is 0 Å². The minimum Gasteiger partial charge on any atom is -0.344 e. The molecule has 1 saturated heterocycles. The van der Waals surface area contributed by atoms with Crippen molar-refractivity contribution in [1.82, 2.24) is 10.2 Å². The Hall–Kier alpha value is -0.220. The molecule has 3 nitrogen and oxygen atoms in total. The molecule has 0 aromatic carbocycles. The fraction of sp³-hybridized carbons (Fsp3) is 0.909. The molecular weight excluding hydrogens is 208 g/mol. The molecule has 1 fully saturated rings. The summed E-state index contributed by atoms with van der Waals surface area (Å²) in [6.07, 6.45) is 2.10. The molecule has 0 radical (unpaired) electrons. The van der Waals surface area contributed by atoms with E-state index in [1.165, 1.54) is 11.5 Å². The number of amides is 1. The van der Waals surface area contributed by atoms with E-state index in [1.807, 2.05) is 23.7 Å². The van der Waals surface area contributed by atoms with Gasteiger partial charge in [-0.05, 0) is 31.3 Å². The molecule has 2 unspecified atom stereocenters. The molecular formula is C11H22N2OS. The number of rotatable bonds is 6. The highest BCUT2D eigenvalue weighted by Gasteiger charge is 2.29. The minimum atomic E-state index is 0.0663. The first kappa shape index (κ1) is 12.8. The van der Waals surface area contributed by atoms with Crippen molar-refractivity contribution in [2.24, 2.45) is 0 Å². The van der Waals surface area contributed by atoms with Crippen molar-refractivity contribution in [2.45, 2.75) is 38.8 Å². The van der Waals surface area contributed by atoms with Crippen molar-refractivity contribution in [3.63, 3.8) is 0 Å². The summed E-state index contributed by atoms with van der Waals surface area (Å²) in [6.45, 7) is 5.24. The molecule has 0 aromatic heterocycles. The number of carbonyl (C=O) groups excluding carboxylic acids is 1. The van der Waals surface area contributed by atoms with E-state index in [-0.39, 0.29) is 11.9 Å². The third-order valence-corrected chi connectivity index (χ3v) is 3.75. The quantitative estimate of drug-likeness (QED) is 0.699. The lowest BCUT2D eigenvalue weighted by molar-refractivity contribution is -0.128. The molecule has 88 valence electrons. The number of nitrogens with one attached hydrogen (secondary N) is 1. The van der Waals surface area contributed by atoms with E-state index in [9.17, 15) is 4.79 Å². The van der Waals surface area contributed by atoms with Crippen molar-refractivity contribution in [3.05, 3.63) is 0 Å². The van der Waals surface area contributed by atoms with Gasteiger partial charge in [-0.2, -0.15) is 11.8 Å². The topological polar surface area (TPSA) is 32.3 Å². The zero-order valence-corrected chi connectivity index (χ0v) is 10.8. The highest BCUT2D eigenvalue weighted by molar-refractivity contribution is 7.99. The smallest absolute Gasteiger partial charge is 0.239 e. The number of thioether (sulfide) groups is 1. The molecule has 0 saturated carbocycles. The third-order valence-electron chi connectivity index (χ3n) is 2.81. The van der Waals surface area contributed by atoms with Gasteiger partial charge in [-0.1, -0.05) is 6.92 Å². The van der Waals surface area contributed by atoms with Gasteiger partial charge >= 0.3 is 0 Å². The highest BCUT2D eigenvalue weighted by Crippen LogP contribution is 2.11. The zero-order chi connectivity index (χ0) is 11.3. The molecule has 0 aliphatic carbocycles. The summed E-state index contributed by atoms with van der Waals surface area (Å²) in [4.78, 5) is 13.4. The molecule has 1 aliphatic rings. The van der Waals surface area contributed by atoms with Crippen molar-refractivity contribution in [2.75, 3.05) is 25.1 Å². The third kappa shape index (κ3) is 4.03. The SMILES string of the molecule is CCSCCC(C)NC1CCN(C)C1=O. The number of likely N-dealkylation sites (tertiary alicyclic amines) is 1. The number of carbonyl (C=O) groups is 1. The second kappa shape index (κ2) is 6.38. The first-order valence-electron chi connectivity index (χ1n) is 5.74. The molecule has 15 heavy (non-hydrogen) atoms. The number of nitrogens with zero attached hydrogens (tertiary/aromatic N) is 1. The van der Waals surface area contributed by atoms with Crippen molar-refractivity contribution in [1.29, 1.82) is 0 Å². The lowest BCUT2D eigenvalue weighted by atomic mass is 10.2. The largest absolute Gasteiger partial charge is 0.344 e. The summed E-state index contributed by atoms with van der Waals surface area (Å²) >= 11 is 1.96. The average Bonchev–Trinajstić information content (AvgIpc) is 2.50. The predicted molar refractivity (Wildman–Crippen MR) is 66.3 cm³/mol. The minimum absolute atomic E-state index is 0.0663. The Bertz CT molecular complexity index is 211. The van der Waals surface area contributed by atoms with Gasteiger partial charge in [0, 0.05) is 19.6 Å². The van der Waals surface area contributed by atoms with Gasteiger partial charge < -0.3 is 10.2 Å². The molecule has 1 N–H and O–H groups in total. The first-order valence-corrected chi connectivity index (χ1v) is 6.89. The lowest BCUT2D eigenvalue weighted by Crippen LogP contribution is -2.42. The van der Waals surface area contributed by atoms with E-state index < -0.39 is 0 Å². The standard InChI is InChI=1S/C11H22N2OS/c1-4-15-8-6-9(2)12-10-5-7-13(3)11(10)14/h9-10,12H,4-8H2,1-3H3. The van der Waals surface area contributed by atoms with E-state index >= 15 is 0 Å². The molecule has 0 spiro atoms. The molecule has 2 atom stereocenters. The molecule has 1 aliphatic heterocycles. The Morgan fingerprint density at radius 3 is 2.93 bits per heavy atom. The second-order valence-electron chi connectivity index (χ2n) is 4.15. The maximum absolute atomic E-state index is 11.6. The van der Waals surface area contributed by atoms with Crippen LogP contribution >= 0.6 is 11.8 Å². The zero-order valence-electron chi connectivity index (χ0n) is 9.95. The Kier molecular flexibility index (Phi) is 5.47. The predicted octanol–water partition coefficient (Wildman–Crippen LogP) is 1.34. The summed E-state index contributed by atoms with van der Waals surface area (Å²) in [5.74, 6) is 2.61. The van der Waals surface area contributed by atoms with E-state index in [0.717, 1.165) is 19.4 Å². The van der Waals surface area contributed by atoms with Crippen LogP contribution in [-0.4, -0.2) is 48.0 Å². The molecule has 0 bridgehead atoms. The molecule has 1 heterocycles. The first-order chi connectivity index (χ1) is 7.15. The fourth-order valence-electron chi connectivity index (χ4n) is 1.81. The van der Waals surface area contributed by atoms with Crippen LogP contribution in [0.25, 0.3) is 0 Å². The van der Waals surface area contributed by atoms with Crippen molar-refractivity contribution < 1.29 is 4.79 Å². The van der Waals surface area contributed by atoms with E-state index in [2.05, 4.69) is 19.2 Å². The van der Waals surface area contributed by atoms with Crippen LogP contribution in [0.5, 0.6) is 0 Å². The number of likely N-dealkylation sites (N-methyl/N-ethyl adjacent to an activating group) is 1. The fourth-order valence-corrected chi connectivity index (χ4v) is 2.62. The Morgan fingerprint density at radius 1 is 1.67 bits per heavy atom. The van der Waals surface area contributed by atoms with E-state index in [4.69, 9.17) is 0 Å². The maximum Gasteiger partial charge on any atom is 0.239 e.